The molecule has 2 aromatic carbocycles. The zero-order chi connectivity index (χ0) is 20.6. The van der Waals surface area contributed by atoms with E-state index in [9.17, 15) is 9.59 Å². The summed E-state index contributed by atoms with van der Waals surface area (Å²) in [5.41, 5.74) is 3.16. The van der Waals surface area contributed by atoms with E-state index in [1.165, 1.54) is 19.3 Å². The van der Waals surface area contributed by atoms with Crippen molar-refractivity contribution in [3.8, 4) is 0 Å². The van der Waals surface area contributed by atoms with Crippen LogP contribution in [0.3, 0.4) is 0 Å². The Morgan fingerprint density at radius 2 is 1.69 bits per heavy atom. The number of carbonyl (C=O) groups excluding carboxylic acids is 2. The Hall–Kier alpha value is -2.62. The number of amides is 2. The molecule has 154 valence electrons. The summed E-state index contributed by atoms with van der Waals surface area (Å²) in [7, 11) is 0. The van der Waals surface area contributed by atoms with Crippen LogP contribution in [0.1, 0.15) is 55.7 Å². The number of nitrogens with zero attached hydrogens (tertiary/aromatic N) is 1. The molecule has 1 atom stereocenters. The molecule has 2 aromatic rings. The van der Waals surface area contributed by atoms with Crippen molar-refractivity contribution in [2.75, 3.05) is 0 Å². The third-order valence-corrected chi connectivity index (χ3v) is 5.75. The maximum atomic E-state index is 13.2. The summed E-state index contributed by atoms with van der Waals surface area (Å²) in [4.78, 5) is 27.9. The number of aryl methyl sites for hydroxylation is 1. The monoisotopic (exact) mass is 392 g/mol. The first-order chi connectivity index (χ1) is 14.0. The molecule has 1 aliphatic rings. The van der Waals surface area contributed by atoms with Crippen molar-refractivity contribution in [3.63, 3.8) is 0 Å². The minimum Gasteiger partial charge on any atom is -0.352 e. The van der Waals surface area contributed by atoms with E-state index in [1.54, 1.807) is 4.90 Å². The molecular formula is C25H32N2O2. The van der Waals surface area contributed by atoms with E-state index in [0.717, 1.165) is 29.5 Å². The van der Waals surface area contributed by atoms with Crippen LogP contribution in [-0.4, -0.2) is 28.8 Å². The topological polar surface area (TPSA) is 49.4 Å². The second-order valence-corrected chi connectivity index (χ2v) is 8.19. The largest absolute Gasteiger partial charge is 0.352 e. The third kappa shape index (κ3) is 6.18. The molecule has 29 heavy (non-hydrogen) atoms. The van der Waals surface area contributed by atoms with Gasteiger partial charge in [-0.15, -0.1) is 0 Å². The standard InChI is InChI=1S/C25H32N2O2/c1-19-10-9-13-22(16-19)18-27(24(28)17-21-11-5-3-6-12-21)20(2)25(29)26-23-14-7-4-8-15-23/h3,5-6,9-13,16,20,23H,4,7-8,14-15,17-18H2,1-2H3,(H,26,29). The Kier molecular flexibility index (Phi) is 7.45. The quantitative estimate of drug-likeness (QED) is 0.759. The molecule has 1 N–H and O–H groups in total. The van der Waals surface area contributed by atoms with Gasteiger partial charge in [0, 0.05) is 12.6 Å². The average molecular weight is 393 g/mol. The Bertz CT molecular complexity index is 813. The van der Waals surface area contributed by atoms with Crippen molar-refractivity contribution in [1.82, 2.24) is 10.2 Å². The third-order valence-electron chi connectivity index (χ3n) is 5.75. The fourth-order valence-corrected chi connectivity index (χ4v) is 4.03. The molecule has 1 unspecified atom stereocenters. The van der Waals surface area contributed by atoms with Gasteiger partial charge < -0.3 is 10.2 Å². The van der Waals surface area contributed by atoms with Crippen LogP contribution in [0.2, 0.25) is 0 Å². The van der Waals surface area contributed by atoms with E-state index >= 15 is 0 Å². The first-order valence-electron chi connectivity index (χ1n) is 10.7. The van der Waals surface area contributed by atoms with Gasteiger partial charge >= 0.3 is 0 Å². The summed E-state index contributed by atoms with van der Waals surface area (Å²) < 4.78 is 0. The maximum Gasteiger partial charge on any atom is 0.242 e. The van der Waals surface area contributed by atoms with Crippen LogP contribution in [0.4, 0.5) is 0 Å². The number of carbonyl (C=O) groups is 2. The molecule has 0 aliphatic heterocycles. The van der Waals surface area contributed by atoms with Crippen LogP contribution in [0.15, 0.2) is 54.6 Å². The molecule has 3 rings (SSSR count). The van der Waals surface area contributed by atoms with Gasteiger partial charge in [-0.05, 0) is 37.8 Å². The molecule has 1 fully saturated rings. The van der Waals surface area contributed by atoms with E-state index < -0.39 is 6.04 Å². The maximum absolute atomic E-state index is 13.2. The summed E-state index contributed by atoms with van der Waals surface area (Å²) in [5, 5.41) is 3.18. The number of hydrogen-bond donors (Lipinski definition) is 1. The zero-order valence-corrected chi connectivity index (χ0v) is 17.6. The van der Waals surface area contributed by atoms with Crippen LogP contribution in [0, 0.1) is 6.92 Å². The molecule has 1 aliphatic carbocycles. The van der Waals surface area contributed by atoms with Gasteiger partial charge in [-0.25, -0.2) is 0 Å². The van der Waals surface area contributed by atoms with Gasteiger partial charge in [0.15, 0.2) is 0 Å². The molecule has 0 saturated heterocycles. The molecule has 1 saturated carbocycles. The van der Waals surface area contributed by atoms with Gasteiger partial charge in [0.1, 0.15) is 6.04 Å². The van der Waals surface area contributed by atoms with Gasteiger partial charge in [0.2, 0.25) is 11.8 Å². The Morgan fingerprint density at radius 1 is 1.00 bits per heavy atom. The average Bonchev–Trinajstić information content (AvgIpc) is 2.73. The van der Waals surface area contributed by atoms with E-state index in [-0.39, 0.29) is 17.9 Å². The molecule has 0 aromatic heterocycles. The SMILES string of the molecule is Cc1cccc(CN(C(=O)Cc2ccccc2)C(C)C(=O)NC2CCCCC2)c1. The van der Waals surface area contributed by atoms with Crippen molar-refractivity contribution >= 4 is 11.8 Å². The molecule has 0 spiro atoms. The van der Waals surface area contributed by atoms with E-state index in [0.29, 0.717) is 13.0 Å². The predicted molar refractivity (Wildman–Crippen MR) is 116 cm³/mol. The first-order valence-corrected chi connectivity index (χ1v) is 10.7. The Morgan fingerprint density at radius 3 is 2.38 bits per heavy atom. The predicted octanol–water partition coefficient (Wildman–Crippen LogP) is 4.40. The molecule has 2 amide bonds. The molecule has 0 bridgehead atoms. The van der Waals surface area contributed by atoms with Crippen molar-refractivity contribution < 1.29 is 9.59 Å². The van der Waals surface area contributed by atoms with Crippen LogP contribution in [0.5, 0.6) is 0 Å². The van der Waals surface area contributed by atoms with Crippen LogP contribution in [0.25, 0.3) is 0 Å². The highest BCUT2D eigenvalue weighted by atomic mass is 16.2. The number of hydrogen-bond acceptors (Lipinski definition) is 2. The molecule has 0 radical (unpaired) electrons. The van der Waals surface area contributed by atoms with Gasteiger partial charge in [-0.3, -0.25) is 9.59 Å². The minimum absolute atomic E-state index is 0.0241. The Balaban J connectivity index is 1.74. The van der Waals surface area contributed by atoms with Gasteiger partial charge in [-0.1, -0.05) is 79.4 Å². The lowest BCUT2D eigenvalue weighted by molar-refractivity contribution is -0.140. The van der Waals surface area contributed by atoms with Crippen molar-refractivity contribution in [2.45, 2.75) is 71.0 Å². The van der Waals surface area contributed by atoms with Gasteiger partial charge in [0.05, 0.1) is 6.42 Å². The minimum atomic E-state index is -0.506. The summed E-state index contributed by atoms with van der Waals surface area (Å²) >= 11 is 0. The summed E-state index contributed by atoms with van der Waals surface area (Å²) in [5.74, 6) is -0.0741. The number of rotatable bonds is 7. The van der Waals surface area contributed by atoms with E-state index in [4.69, 9.17) is 0 Å². The second-order valence-electron chi connectivity index (χ2n) is 8.19. The van der Waals surface area contributed by atoms with Gasteiger partial charge in [-0.2, -0.15) is 0 Å². The lowest BCUT2D eigenvalue weighted by atomic mass is 9.95. The first kappa shape index (κ1) is 21.1. The van der Waals surface area contributed by atoms with Crippen molar-refractivity contribution in [1.29, 1.82) is 0 Å². The van der Waals surface area contributed by atoms with Gasteiger partial charge in [0.25, 0.3) is 0 Å². The lowest BCUT2D eigenvalue weighted by Crippen LogP contribution is -2.50. The summed E-state index contributed by atoms with van der Waals surface area (Å²) in [6.45, 7) is 4.32. The highest BCUT2D eigenvalue weighted by Crippen LogP contribution is 2.19. The highest BCUT2D eigenvalue weighted by Gasteiger charge is 2.28. The highest BCUT2D eigenvalue weighted by molar-refractivity contribution is 5.88. The smallest absolute Gasteiger partial charge is 0.242 e. The van der Waals surface area contributed by atoms with Crippen LogP contribution >= 0.6 is 0 Å². The number of benzene rings is 2. The van der Waals surface area contributed by atoms with Crippen LogP contribution < -0.4 is 5.32 Å². The lowest BCUT2D eigenvalue weighted by Gasteiger charge is -2.31. The molecule has 4 heteroatoms. The molecule has 0 heterocycles. The fourth-order valence-electron chi connectivity index (χ4n) is 4.03. The Labute approximate surface area is 174 Å². The summed E-state index contributed by atoms with van der Waals surface area (Å²) in [6, 6.07) is 17.6. The van der Waals surface area contributed by atoms with Crippen molar-refractivity contribution in [2.24, 2.45) is 0 Å². The zero-order valence-electron chi connectivity index (χ0n) is 17.6. The molecule has 4 nitrogen and oxygen atoms in total. The van der Waals surface area contributed by atoms with E-state index in [1.807, 2.05) is 62.4 Å². The normalized spacial score (nSPS) is 15.5. The van der Waals surface area contributed by atoms with Crippen LogP contribution in [-0.2, 0) is 22.6 Å². The van der Waals surface area contributed by atoms with Crippen molar-refractivity contribution in [3.05, 3.63) is 71.3 Å². The summed E-state index contributed by atoms with van der Waals surface area (Å²) in [6.07, 6.45) is 5.95. The second kappa shape index (κ2) is 10.2. The molecular weight excluding hydrogens is 360 g/mol. The van der Waals surface area contributed by atoms with E-state index in [2.05, 4.69) is 11.4 Å². The number of nitrogens with one attached hydrogen (secondary N) is 1. The fraction of sp³-hybridized carbons (Fsp3) is 0.440.